The summed E-state index contributed by atoms with van der Waals surface area (Å²) in [6, 6.07) is 0. The summed E-state index contributed by atoms with van der Waals surface area (Å²) < 4.78 is 5.21. The van der Waals surface area contributed by atoms with Gasteiger partial charge in [0, 0.05) is 6.54 Å². The van der Waals surface area contributed by atoms with Gasteiger partial charge in [0.2, 0.25) is 0 Å². The van der Waals surface area contributed by atoms with Crippen LogP contribution in [0, 0.1) is 17.8 Å². The van der Waals surface area contributed by atoms with E-state index in [1.165, 1.54) is 0 Å². The fraction of sp³-hybridized carbons (Fsp3) is 0.929. The maximum absolute atomic E-state index is 11.5. The predicted molar refractivity (Wildman–Crippen MR) is 73.5 cm³/mol. The maximum atomic E-state index is 11.5. The molecule has 1 amide bonds. The average molecular weight is 256 g/mol. The van der Waals surface area contributed by atoms with Crippen molar-refractivity contribution in [2.75, 3.05) is 19.6 Å². The smallest absolute Gasteiger partial charge is 0.407 e. The van der Waals surface area contributed by atoms with Crippen LogP contribution in [0.5, 0.6) is 0 Å². The molecule has 4 heteroatoms. The molecular formula is C14H28N2O2. The molecule has 0 saturated carbocycles. The van der Waals surface area contributed by atoms with Crippen LogP contribution in [0.25, 0.3) is 0 Å². The minimum Gasteiger partial charge on any atom is -0.444 e. The number of rotatable bonds is 4. The zero-order valence-corrected chi connectivity index (χ0v) is 12.4. The lowest BCUT2D eigenvalue weighted by molar-refractivity contribution is 0.0524. The van der Waals surface area contributed by atoms with Crippen molar-refractivity contribution in [2.45, 2.75) is 46.6 Å². The highest BCUT2D eigenvalue weighted by Crippen LogP contribution is 2.26. The van der Waals surface area contributed by atoms with Gasteiger partial charge >= 0.3 is 6.09 Å². The third-order valence-electron chi connectivity index (χ3n) is 3.43. The van der Waals surface area contributed by atoms with Gasteiger partial charge in [-0.3, -0.25) is 0 Å². The summed E-state index contributed by atoms with van der Waals surface area (Å²) in [5, 5.41) is 6.27. The van der Waals surface area contributed by atoms with Gasteiger partial charge in [0.1, 0.15) is 5.60 Å². The average Bonchev–Trinajstić information content (AvgIpc) is 2.62. The lowest BCUT2D eigenvalue weighted by Gasteiger charge is -2.23. The van der Waals surface area contributed by atoms with Crippen LogP contribution in [-0.4, -0.2) is 31.3 Å². The third kappa shape index (κ3) is 5.25. The zero-order valence-electron chi connectivity index (χ0n) is 12.4. The van der Waals surface area contributed by atoms with E-state index in [1.54, 1.807) is 0 Å². The number of hydrogen-bond acceptors (Lipinski definition) is 3. The van der Waals surface area contributed by atoms with Crippen LogP contribution in [0.1, 0.15) is 41.0 Å². The summed E-state index contributed by atoms with van der Waals surface area (Å²) in [6.07, 6.45) is 0.712. The Hall–Kier alpha value is -0.770. The number of nitrogens with one attached hydrogen (secondary N) is 2. The quantitative estimate of drug-likeness (QED) is 0.812. The summed E-state index contributed by atoms with van der Waals surface area (Å²) in [6.45, 7) is 13.0. The summed E-state index contributed by atoms with van der Waals surface area (Å²) >= 11 is 0. The Balaban J connectivity index is 2.23. The molecule has 0 bridgehead atoms. The molecule has 4 nitrogen and oxygen atoms in total. The fourth-order valence-electron chi connectivity index (χ4n) is 2.52. The van der Waals surface area contributed by atoms with Crippen molar-refractivity contribution in [3.63, 3.8) is 0 Å². The van der Waals surface area contributed by atoms with Crippen LogP contribution in [-0.2, 0) is 4.74 Å². The molecule has 18 heavy (non-hydrogen) atoms. The molecule has 2 atom stereocenters. The van der Waals surface area contributed by atoms with E-state index in [1.807, 2.05) is 20.8 Å². The van der Waals surface area contributed by atoms with Crippen molar-refractivity contribution in [1.29, 1.82) is 0 Å². The van der Waals surface area contributed by atoms with Crippen molar-refractivity contribution >= 4 is 6.09 Å². The van der Waals surface area contributed by atoms with E-state index in [0.717, 1.165) is 25.4 Å². The van der Waals surface area contributed by atoms with Gasteiger partial charge in [0.25, 0.3) is 0 Å². The highest BCUT2D eigenvalue weighted by Gasteiger charge is 2.29. The number of carbonyl (C=O) groups excluding carboxylic acids is 1. The Morgan fingerprint density at radius 2 is 2.06 bits per heavy atom. The monoisotopic (exact) mass is 256 g/mol. The van der Waals surface area contributed by atoms with Crippen molar-refractivity contribution in [3.8, 4) is 0 Å². The molecular weight excluding hydrogens is 228 g/mol. The molecule has 1 saturated heterocycles. The lowest BCUT2D eigenvalue weighted by Crippen LogP contribution is -2.34. The van der Waals surface area contributed by atoms with Crippen LogP contribution in [0.15, 0.2) is 0 Å². The standard InChI is InChI=1S/C14H28N2O2/c1-10(2)12-9-15-8-11(12)6-7-16-13(17)18-14(3,4)5/h10-12,15H,6-9H2,1-5H3,(H,16,17). The molecule has 0 aromatic carbocycles. The lowest BCUT2D eigenvalue weighted by atomic mass is 9.84. The van der Waals surface area contributed by atoms with Crippen molar-refractivity contribution in [2.24, 2.45) is 17.8 Å². The first-order valence-electron chi connectivity index (χ1n) is 6.97. The molecule has 0 radical (unpaired) electrons. The van der Waals surface area contributed by atoms with Gasteiger partial charge in [-0.15, -0.1) is 0 Å². The van der Waals surface area contributed by atoms with Crippen LogP contribution in [0.2, 0.25) is 0 Å². The summed E-state index contributed by atoms with van der Waals surface area (Å²) in [7, 11) is 0. The van der Waals surface area contributed by atoms with Gasteiger partial charge in [-0.25, -0.2) is 4.79 Å². The second-order valence-corrected chi connectivity index (χ2v) is 6.54. The number of hydrogen-bond donors (Lipinski definition) is 2. The predicted octanol–water partition coefficient (Wildman–Crippen LogP) is 2.39. The minimum atomic E-state index is -0.417. The molecule has 1 aliphatic rings. The van der Waals surface area contributed by atoms with E-state index in [0.29, 0.717) is 18.4 Å². The van der Waals surface area contributed by atoms with E-state index in [9.17, 15) is 4.79 Å². The number of amides is 1. The first-order valence-corrected chi connectivity index (χ1v) is 6.97. The summed E-state index contributed by atoms with van der Waals surface area (Å²) in [4.78, 5) is 11.5. The zero-order chi connectivity index (χ0) is 13.8. The minimum absolute atomic E-state index is 0.311. The fourth-order valence-corrected chi connectivity index (χ4v) is 2.52. The summed E-state index contributed by atoms with van der Waals surface area (Å²) in [5.41, 5.74) is -0.417. The molecule has 0 spiro atoms. The largest absolute Gasteiger partial charge is 0.444 e. The van der Waals surface area contributed by atoms with E-state index in [2.05, 4.69) is 24.5 Å². The molecule has 1 aliphatic heterocycles. The Bertz CT molecular complexity index is 271. The molecule has 0 aliphatic carbocycles. The van der Waals surface area contributed by atoms with Crippen LogP contribution >= 0.6 is 0 Å². The molecule has 1 fully saturated rings. The van der Waals surface area contributed by atoms with Gasteiger partial charge < -0.3 is 15.4 Å². The van der Waals surface area contributed by atoms with Crippen molar-refractivity contribution < 1.29 is 9.53 Å². The number of carbonyl (C=O) groups is 1. The Morgan fingerprint density at radius 3 is 2.61 bits per heavy atom. The van der Waals surface area contributed by atoms with Gasteiger partial charge in [-0.1, -0.05) is 13.8 Å². The normalized spacial score (nSPS) is 24.3. The first kappa shape index (κ1) is 15.3. The van der Waals surface area contributed by atoms with E-state index in [-0.39, 0.29) is 6.09 Å². The number of ether oxygens (including phenoxy) is 1. The van der Waals surface area contributed by atoms with Crippen LogP contribution < -0.4 is 10.6 Å². The topological polar surface area (TPSA) is 50.4 Å². The second kappa shape index (κ2) is 6.41. The molecule has 2 unspecified atom stereocenters. The van der Waals surface area contributed by atoms with Crippen LogP contribution in [0.3, 0.4) is 0 Å². The highest BCUT2D eigenvalue weighted by molar-refractivity contribution is 5.67. The molecule has 1 heterocycles. The second-order valence-electron chi connectivity index (χ2n) is 6.54. The van der Waals surface area contributed by atoms with E-state index >= 15 is 0 Å². The molecule has 106 valence electrons. The first-order chi connectivity index (χ1) is 8.29. The Kier molecular flexibility index (Phi) is 5.45. The van der Waals surface area contributed by atoms with Crippen molar-refractivity contribution in [3.05, 3.63) is 0 Å². The van der Waals surface area contributed by atoms with Crippen LogP contribution in [0.4, 0.5) is 4.79 Å². The maximum Gasteiger partial charge on any atom is 0.407 e. The molecule has 0 aromatic rings. The van der Waals surface area contributed by atoms with E-state index in [4.69, 9.17) is 4.74 Å². The van der Waals surface area contributed by atoms with Gasteiger partial charge in [0.15, 0.2) is 0 Å². The van der Waals surface area contributed by atoms with Gasteiger partial charge in [-0.2, -0.15) is 0 Å². The van der Waals surface area contributed by atoms with Crippen molar-refractivity contribution in [1.82, 2.24) is 10.6 Å². The Labute approximate surface area is 111 Å². The van der Waals surface area contributed by atoms with Gasteiger partial charge in [0.05, 0.1) is 0 Å². The summed E-state index contributed by atoms with van der Waals surface area (Å²) in [5.74, 6) is 2.09. The SMILES string of the molecule is CC(C)C1CNCC1CCNC(=O)OC(C)(C)C. The molecule has 0 aromatic heterocycles. The van der Waals surface area contributed by atoms with Gasteiger partial charge in [-0.05, 0) is 58.0 Å². The Morgan fingerprint density at radius 1 is 1.39 bits per heavy atom. The third-order valence-corrected chi connectivity index (χ3v) is 3.43. The number of alkyl carbamates (subject to hydrolysis) is 1. The van der Waals surface area contributed by atoms with E-state index < -0.39 is 5.60 Å². The molecule has 1 rings (SSSR count). The molecule has 2 N–H and O–H groups in total. The highest BCUT2D eigenvalue weighted by atomic mass is 16.6.